The van der Waals surface area contributed by atoms with E-state index in [-0.39, 0.29) is 18.3 Å². The Hall–Kier alpha value is -1.76. The lowest BCUT2D eigenvalue weighted by molar-refractivity contribution is -0.0613. The van der Waals surface area contributed by atoms with Crippen molar-refractivity contribution in [1.82, 2.24) is 4.90 Å². The second kappa shape index (κ2) is 8.56. The average Bonchev–Trinajstić information content (AvgIpc) is 2.61. The van der Waals surface area contributed by atoms with Crippen LogP contribution in [0, 0.1) is 5.82 Å². The van der Waals surface area contributed by atoms with Crippen LogP contribution in [-0.4, -0.2) is 43.3 Å². The lowest BCUT2D eigenvalue weighted by atomic mass is 10.2. The third kappa shape index (κ3) is 5.11. The van der Waals surface area contributed by atoms with Crippen LogP contribution >= 0.6 is 15.9 Å². The number of carbonyl (C=O) groups excluding carboxylic acids is 1. The molecule has 1 fully saturated rings. The minimum absolute atomic E-state index is 0.0693. The van der Waals surface area contributed by atoms with Crippen LogP contribution in [0.3, 0.4) is 0 Å². The first-order valence-corrected chi connectivity index (χ1v) is 8.91. The molecule has 0 N–H and O–H groups in total. The standard InChI is InChI=1S/C19H19BrFNO3/c20-15-6-7-17(18(21)10-15)19(23)25-13-16-12-22(8-9-24-16)11-14-4-2-1-3-5-14/h1-7,10,16H,8-9,11-13H2. The minimum Gasteiger partial charge on any atom is -0.459 e. The second-order valence-corrected chi connectivity index (χ2v) is 6.85. The molecule has 3 rings (SSSR count). The van der Waals surface area contributed by atoms with Gasteiger partial charge >= 0.3 is 5.97 Å². The summed E-state index contributed by atoms with van der Waals surface area (Å²) < 4.78 is 25.3. The van der Waals surface area contributed by atoms with Crippen LogP contribution in [0.5, 0.6) is 0 Å². The molecule has 4 nitrogen and oxygen atoms in total. The summed E-state index contributed by atoms with van der Waals surface area (Å²) in [5, 5.41) is 0. The molecule has 1 saturated heterocycles. The Morgan fingerprint density at radius 3 is 2.84 bits per heavy atom. The van der Waals surface area contributed by atoms with Gasteiger partial charge in [-0.05, 0) is 23.8 Å². The molecule has 25 heavy (non-hydrogen) atoms. The molecule has 0 spiro atoms. The first-order valence-electron chi connectivity index (χ1n) is 8.12. The van der Waals surface area contributed by atoms with Gasteiger partial charge in [0.15, 0.2) is 0 Å². The van der Waals surface area contributed by atoms with Crippen molar-refractivity contribution in [2.75, 3.05) is 26.3 Å². The van der Waals surface area contributed by atoms with Crippen molar-refractivity contribution >= 4 is 21.9 Å². The molecule has 0 amide bonds. The summed E-state index contributed by atoms with van der Waals surface area (Å²) in [5.41, 5.74) is 1.16. The molecular weight excluding hydrogens is 389 g/mol. The Morgan fingerprint density at radius 1 is 1.28 bits per heavy atom. The monoisotopic (exact) mass is 407 g/mol. The number of halogens is 2. The van der Waals surface area contributed by atoms with Gasteiger partial charge in [-0.25, -0.2) is 9.18 Å². The summed E-state index contributed by atoms with van der Waals surface area (Å²) in [6.07, 6.45) is -0.208. The van der Waals surface area contributed by atoms with Crippen LogP contribution in [0.4, 0.5) is 4.39 Å². The van der Waals surface area contributed by atoms with Crippen LogP contribution in [0.15, 0.2) is 53.0 Å². The van der Waals surface area contributed by atoms with E-state index in [1.807, 2.05) is 18.2 Å². The van der Waals surface area contributed by atoms with E-state index in [4.69, 9.17) is 9.47 Å². The molecule has 1 unspecified atom stereocenters. The summed E-state index contributed by atoms with van der Waals surface area (Å²) in [6, 6.07) is 14.5. The molecule has 0 saturated carbocycles. The molecule has 2 aromatic carbocycles. The van der Waals surface area contributed by atoms with E-state index in [2.05, 4.69) is 33.0 Å². The number of ether oxygens (including phenoxy) is 2. The van der Waals surface area contributed by atoms with E-state index in [9.17, 15) is 9.18 Å². The first kappa shape index (κ1) is 18.0. The fourth-order valence-corrected chi connectivity index (χ4v) is 3.10. The molecule has 0 aliphatic carbocycles. The molecule has 2 aromatic rings. The number of morpholine rings is 1. The Labute approximate surface area is 154 Å². The molecular formula is C19H19BrFNO3. The zero-order chi connectivity index (χ0) is 17.6. The molecule has 6 heteroatoms. The van der Waals surface area contributed by atoms with Crippen molar-refractivity contribution in [1.29, 1.82) is 0 Å². The van der Waals surface area contributed by atoms with E-state index < -0.39 is 11.8 Å². The van der Waals surface area contributed by atoms with Crippen LogP contribution in [0.25, 0.3) is 0 Å². The summed E-state index contributed by atoms with van der Waals surface area (Å²) in [7, 11) is 0. The van der Waals surface area contributed by atoms with Gasteiger partial charge in [0.25, 0.3) is 0 Å². The Kier molecular flexibility index (Phi) is 6.18. The third-order valence-corrected chi connectivity index (χ3v) is 4.52. The summed E-state index contributed by atoms with van der Waals surface area (Å²) in [5.74, 6) is -1.27. The molecule has 1 atom stereocenters. The lowest BCUT2D eigenvalue weighted by Crippen LogP contribution is -2.44. The van der Waals surface area contributed by atoms with Gasteiger partial charge in [0.05, 0.1) is 12.2 Å². The van der Waals surface area contributed by atoms with Crippen LogP contribution < -0.4 is 0 Å². The second-order valence-electron chi connectivity index (χ2n) is 5.94. The van der Waals surface area contributed by atoms with E-state index in [0.717, 1.165) is 13.1 Å². The van der Waals surface area contributed by atoms with Crippen LogP contribution in [0.1, 0.15) is 15.9 Å². The fraction of sp³-hybridized carbons (Fsp3) is 0.316. The maximum absolute atomic E-state index is 13.8. The normalized spacial score (nSPS) is 18.1. The fourth-order valence-electron chi connectivity index (χ4n) is 2.77. The van der Waals surface area contributed by atoms with Gasteiger partial charge in [-0.3, -0.25) is 4.90 Å². The molecule has 132 valence electrons. The zero-order valence-electron chi connectivity index (χ0n) is 13.7. The zero-order valence-corrected chi connectivity index (χ0v) is 15.2. The van der Waals surface area contributed by atoms with Crippen LogP contribution in [-0.2, 0) is 16.0 Å². The number of hydrogen-bond donors (Lipinski definition) is 0. The Morgan fingerprint density at radius 2 is 2.08 bits per heavy atom. The molecule has 1 aliphatic rings. The summed E-state index contributed by atoms with van der Waals surface area (Å²) in [4.78, 5) is 14.3. The molecule has 1 heterocycles. The van der Waals surface area contributed by atoms with Gasteiger partial charge in [0.1, 0.15) is 18.5 Å². The number of carbonyl (C=O) groups is 1. The smallest absolute Gasteiger partial charge is 0.341 e. The van der Waals surface area contributed by atoms with Gasteiger partial charge in [-0.15, -0.1) is 0 Å². The minimum atomic E-state index is -0.672. The van der Waals surface area contributed by atoms with Crippen molar-refractivity contribution in [2.24, 2.45) is 0 Å². The van der Waals surface area contributed by atoms with Crippen molar-refractivity contribution in [3.8, 4) is 0 Å². The predicted molar refractivity (Wildman–Crippen MR) is 95.8 cm³/mol. The van der Waals surface area contributed by atoms with E-state index in [1.54, 1.807) is 6.07 Å². The average molecular weight is 408 g/mol. The van der Waals surface area contributed by atoms with Crippen molar-refractivity contribution in [2.45, 2.75) is 12.6 Å². The van der Waals surface area contributed by atoms with Crippen molar-refractivity contribution in [3.05, 3.63) is 69.9 Å². The van der Waals surface area contributed by atoms with Crippen LogP contribution in [0.2, 0.25) is 0 Å². The van der Waals surface area contributed by atoms with Gasteiger partial charge in [-0.1, -0.05) is 46.3 Å². The van der Waals surface area contributed by atoms with Crippen molar-refractivity contribution in [3.63, 3.8) is 0 Å². The number of benzene rings is 2. The molecule has 1 aliphatic heterocycles. The van der Waals surface area contributed by atoms with E-state index >= 15 is 0 Å². The number of nitrogens with zero attached hydrogens (tertiary/aromatic N) is 1. The Balaban J connectivity index is 1.51. The number of hydrogen-bond acceptors (Lipinski definition) is 4. The predicted octanol–water partition coefficient (Wildman–Crippen LogP) is 3.65. The lowest BCUT2D eigenvalue weighted by Gasteiger charge is -2.32. The topological polar surface area (TPSA) is 38.8 Å². The van der Waals surface area contributed by atoms with Gasteiger partial charge < -0.3 is 9.47 Å². The Bertz CT molecular complexity index is 726. The van der Waals surface area contributed by atoms with Gasteiger partial charge in [0.2, 0.25) is 0 Å². The summed E-state index contributed by atoms with van der Waals surface area (Å²) in [6.45, 7) is 3.03. The van der Waals surface area contributed by atoms with E-state index in [0.29, 0.717) is 17.6 Å². The third-order valence-electron chi connectivity index (χ3n) is 4.02. The SMILES string of the molecule is O=C(OCC1CN(Cc2ccccc2)CCO1)c1ccc(Br)cc1F. The maximum atomic E-state index is 13.8. The highest BCUT2D eigenvalue weighted by Crippen LogP contribution is 2.17. The molecule has 0 radical (unpaired) electrons. The van der Waals surface area contributed by atoms with Gasteiger partial charge in [0, 0.05) is 24.1 Å². The highest BCUT2D eigenvalue weighted by atomic mass is 79.9. The summed E-state index contributed by atoms with van der Waals surface area (Å²) >= 11 is 3.16. The van der Waals surface area contributed by atoms with Gasteiger partial charge in [-0.2, -0.15) is 0 Å². The van der Waals surface area contributed by atoms with E-state index in [1.165, 1.54) is 17.7 Å². The quantitative estimate of drug-likeness (QED) is 0.709. The molecule has 0 aromatic heterocycles. The first-order chi connectivity index (χ1) is 12.1. The van der Waals surface area contributed by atoms with Crippen molar-refractivity contribution < 1.29 is 18.7 Å². The highest BCUT2D eigenvalue weighted by Gasteiger charge is 2.23. The number of esters is 1. The molecule has 0 bridgehead atoms. The maximum Gasteiger partial charge on any atom is 0.341 e. The highest BCUT2D eigenvalue weighted by molar-refractivity contribution is 9.10. The number of rotatable bonds is 5. The largest absolute Gasteiger partial charge is 0.459 e.